The molecule has 1 unspecified atom stereocenters. The van der Waals surface area contributed by atoms with E-state index in [0.717, 1.165) is 21.4 Å². The van der Waals surface area contributed by atoms with Crippen LogP contribution in [0.15, 0.2) is 96.6 Å². The number of ketones is 1. The van der Waals surface area contributed by atoms with Crippen molar-refractivity contribution in [2.24, 2.45) is 0 Å². The third kappa shape index (κ3) is 5.01. The summed E-state index contributed by atoms with van der Waals surface area (Å²) in [6, 6.07) is 27.3. The molecule has 7 nitrogen and oxygen atoms in total. The molecule has 5 aromatic rings. The molecule has 1 fully saturated rings. The standard InChI is InChI=1S/C34H28N2O5S/c1-20-9-10-21(2)26(17-20)31(37)29-30(23-11-13-24(14-12-23)41-19-22-7-5-4-6-8-22)36(33(39)32(29)38)34-35-27-16-15-25(40-3)18-28(27)42-34/h4-18,30,37H,19H2,1-3H3/b31-29+. The fourth-order valence-corrected chi connectivity index (χ4v) is 6.11. The highest BCUT2D eigenvalue weighted by molar-refractivity contribution is 7.22. The van der Waals surface area contributed by atoms with Gasteiger partial charge in [-0.15, -0.1) is 0 Å². The second-order valence-electron chi connectivity index (χ2n) is 10.2. The van der Waals surface area contributed by atoms with Crippen LogP contribution in [0, 0.1) is 13.8 Å². The van der Waals surface area contributed by atoms with E-state index in [1.54, 1.807) is 25.3 Å². The Bertz CT molecular complexity index is 1840. The van der Waals surface area contributed by atoms with Gasteiger partial charge in [0.05, 0.1) is 28.9 Å². The van der Waals surface area contributed by atoms with Gasteiger partial charge in [-0.1, -0.05) is 71.5 Å². The zero-order chi connectivity index (χ0) is 29.4. The molecule has 2 heterocycles. The number of thiazole rings is 1. The van der Waals surface area contributed by atoms with Crippen molar-refractivity contribution < 1.29 is 24.2 Å². The van der Waals surface area contributed by atoms with Crippen molar-refractivity contribution in [2.45, 2.75) is 26.5 Å². The van der Waals surface area contributed by atoms with E-state index in [1.165, 1.54) is 16.2 Å². The third-order valence-corrected chi connectivity index (χ3v) is 8.34. The smallest absolute Gasteiger partial charge is 0.301 e. The van der Waals surface area contributed by atoms with Crippen molar-refractivity contribution in [3.63, 3.8) is 0 Å². The number of rotatable bonds is 7. The maximum absolute atomic E-state index is 13.7. The number of ether oxygens (including phenoxy) is 2. The first-order valence-corrected chi connectivity index (χ1v) is 14.3. The summed E-state index contributed by atoms with van der Waals surface area (Å²) in [6.45, 7) is 4.18. The Kier molecular flexibility index (Phi) is 7.22. The second-order valence-corrected chi connectivity index (χ2v) is 11.2. The summed E-state index contributed by atoms with van der Waals surface area (Å²) in [5.41, 5.74) is 4.60. The van der Waals surface area contributed by atoms with Gasteiger partial charge in [-0.05, 0) is 66.9 Å². The molecule has 1 aliphatic rings. The van der Waals surface area contributed by atoms with Crippen LogP contribution in [-0.2, 0) is 16.2 Å². The fourth-order valence-electron chi connectivity index (χ4n) is 5.09. The molecule has 1 N–H and O–H groups in total. The minimum absolute atomic E-state index is 0.0171. The van der Waals surface area contributed by atoms with Gasteiger partial charge in [0.25, 0.3) is 5.78 Å². The zero-order valence-corrected chi connectivity index (χ0v) is 24.1. The third-order valence-electron chi connectivity index (χ3n) is 7.33. The minimum atomic E-state index is -0.893. The fraction of sp³-hybridized carbons (Fsp3) is 0.147. The van der Waals surface area contributed by atoms with Crippen LogP contribution in [0.5, 0.6) is 11.5 Å². The number of anilines is 1. The largest absolute Gasteiger partial charge is 0.507 e. The van der Waals surface area contributed by atoms with E-state index in [2.05, 4.69) is 0 Å². The molecule has 0 radical (unpaired) electrons. The molecule has 8 heteroatoms. The molecule has 1 amide bonds. The molecule has 42 heavy (non-hydrogen) atoms. The molecule has 1 atom stereocenters. The quantitative estimate of drug-likeness (QED) is 0.126. The number of methoxy groups -OCH3 is 1. The second kappa shape index (κ2) is 11.1. The van der Waals surface area contributed by atoms with Crippen molar-refractivity contribution >= 4 is 44.1 Å². The van der Waals surface area contributed by atoms with E-state index >= 15 is 0 Å². The number of carbonyl (C=O) groups is 2. The molecule has 0 aliphatic carbocycles. The number of amides is 1. The summed E-state index contributed by atoms with van der Waals surface area (Å²) in [7, 11) is 1.59. The van der Waals surface area contributed by atoms with Crippen LogP contribution >= 0.6 is 11.3 Å². The summed E-state index contributed by atoms with van der Waals surface area (Å²) >= 11 is 1.29. The number of hydrogen-bond donors (Lipinski definition) is 1. The predicted molar refractivity (Wildman–Crippen MR) is 164 cm³/mol. The van der Waals surface area contributed by atoms with E-state index < -0.39 is 17.7 Å². The van der Waals surface area contributed by atoms with Crippen LogP contribution in [0.4, 0.5) is 5.13 Å². The van der Waals surface area contributed by atoms with Crippen LogP contribution < -0.4 is 14.4 Å². The number of benzene rings is 4. The van der Waals surface area contributed by atoms with Crippen LogP contribution in [-0.4, -0.2) is 28.9 Å². The van der Waals surface area contributed by atoms with Gasteiger partial charge < -0.3 is 14.6 Å². The lowest BCUT2D eigenvalue weighted by atomic mass is 9.93. The van der Waals surface area contributed by atoms with Gasteiger partial charge in [-0.25, -0.2) is 4.98 Å². The number of carbonyl (C=O) groups excluding carboxylic acids is 2. The minimum Gasteiger partial charge on any atom is -0.507 e. The molecular weight excluding hydrogens is 548 g/mol. The lowest BCUT2D eigenvalue weighted by Crippen LogP contribution is -2.29. The lowest BCUT2D eigenvalue weighted by molar-refractivity contribution is -0.132. The molecule has 1 aliphatic heterocycles. The number of aliphatic hydroxyl groups is 1. The maximum atomic E-state index is 13.7. The highest BCUT2D eigenvalue weighted by Gasteiger charge is 2.48. The predicted octanol–water partition coefficient (Wildman–Crippen LogP) is 7.13. The Morgan fingerprint density at radius 1 is 0.929 bits per heavy atom. The van der Waals surface area contributed by atoms with Gasteiger partial charge in [0.2, 0.25) is 0 Å². The van der Waals surface area contributed by atoms with Crippen LogP contribution in [0.25, 0.3) is 16.0 Å². The molecule has 0 bridgehead atoms. The number of aromatic nitrogens is 1. The number of hydrogen-bond acceptors (Lipinski definition) is 7. The summed E-state index contributed by atoms with van der Waals surface area (Å²) < 4.78 is 12.1. The van der Waals surface area contributed by atoms with E-state index in [1.807, 2.05) is 86.6 Å². The molecular formula is C34H28N2O5S. The SMILES string of the molecule is COc1ccc2nc(N3C(=O)C(=O)/C(=C(/O)c4cc(C)ccc4C)C3c3ccc(OCc4ccccc4)cc3)sc2c1. The number of fused-ring (bicyclic) bond motifs is 1. The normalized spacial score (nSPS) is 16.3. The van der Waals surface area contributed by atoms with Gasteiger partial charge in [0.1, 0.15) is 23.9 Å². The van der Waals surface area contributed by atoms with Crippen LogP contribution in [0.3, 0.4) is 0 Å². The topological polar surface area (TPSA) is 89.0 Å². The average Bonchev–Trinajstić information content (AvgIpc) is 3.55. The Morgan fingerprint density at radius 3 is 2.40 bits per heavy atom. The summed E-state index contributed by atoms with van der Waals surface area (Å²) in [5.74, 6) is -0.422. The van der Waals surface area contributed by atoms with Gasteiger partial charge >= 0.3 is 5.91 Å². The highest BCUT2D eigenvalue weighted by Crippen LogP contribution is 2.45. The summed E-state index contributed by atoms with van der Waals surface area (Å²) in [4.78, 5) is 33.4. The van der Waals surface area contributed by atoms with Gasteiger partial charge in [0, 0.05) is 5.56 Å². The average molecular weight is 577 g/mol. The Morgan fingerprint density at radius 2 is 1.67 bits per heavy atom. The molecule has 0 spiro atoms. The first kappa shape index (κ1) is 27.2. The number of Topliss-reactive ketones (excluding diaryl/α,β-unsaturated/α-hetero) is 1. The van der Waals surface area contributed by atoms with E-state index in [9.17, 15) is 14.7 Å². The molecule has 1 saturated heterocycles. The highest BCUT2D eigenvalue weighted by atomic mass is 32.1. The van der Waals surface area contributed by atoms with E-state index in [4.69, 9.17) is 14.5 Å². The Balaban J connectivity index is 1.45. The van der Waals surface area contributed by atoms with Crippen LogP contribution in [0.1, 0.15) is 33.9 Å². The maximum Gasteiger partial charge on any atom is 0.301 e. The van der Waals surface area contributed by atoms with Gasteiger partial charge in [-0.2, -0.15) is 0 Å². The van der Waals surface area contributed by atoms with Gasteiger partial charge in [-0.3, -0.25) is 14.5 Å². The molecule has 0 saturated carbocycles. The van der Waals surface area contributed by atoms with E-state index in [0.29, 0.717) is 39.9 Å². The number of aliphatic hydroxyl groups excluding tert-OH is 1. The zero-order valence-electron chi connectivity index (χ0n) is 23.3. The first-order chi connectivity index (χ1) is 20.3. The van der Waals surface area contributed by atoms with Crippen molar-refractivity contribution in [3.05, 3.63) is 124 Å². The summed E-state index contributed by atoms with van der Waals surface area (Å²) in [6.07, 6.45) is 0. The number of aryl methyl sites for hydroxylation is 2. The van der Waals surface area contributed by atoms with Gasteiger partial charge in [0.15, 0.2) is 5.13 Å². The molecule has 4 aromatic carbocycles. The molecule has 6 rings (SSSR count). The first-order valence-electron chi connectivity index (χ1n) is 13.4. The summed E-state index contributed by atoms with van der Waals surface area (Å²) in [5, 5.41) is 12.0. The lowest BCUT2D eigenvalue weighted by Gasteiger charge is -2.23. The Hall–Kier alpha value is -4.95. The molecule has 210 valence electrons. The van der Waals surface area contributed by atoms with Crippen molar-refractivity contribution in [1.82, 2.24) is 4.98 Å². The Labute approximate surface area is 247 Å². The molecule has 1 aromatic heterocycles. The van der Waals surface area contributed by atoms with Crippen LogP contribution in [0.2, 0.25) is 0 Å². The van der Waals surface area contributed by atoms with Crippen molar-refractivity contribution in [3.8, 4) is 11.5 Å². The van der Waals surface area contributed by atoms with Crippen molar-refractivity contribution in [2.75, 3.05) is 12.0 Å². The van der Waals surface area contributed by atoms with Crippen molar-refractivity contribution in [1.29, 1.82) is 0 Å². The van der Waals surface area contributed by atoms with E-state index in [-0.39, 0.29) is 11.3 Å². The number of nitrogens with zero attached hydrogens (tertiary/aromatic N) is 2. The monoisotopic (exact) mass is 576 g/mol.